The molecule has 0 N–H and O–H groups in total. The largest absolute Gasteiger partial charge is 0.496 e. The fourth-order valence-electron chi connectivity index (χ4n) is 1.61. The highest BCUT2D eigenvalue weighted by molar-refractivity contribution is 9.12. The molecule has 0 saturated carbocycles. The van der Waals surface area contributed by atoms with Crippen LogP contribution < -0.4 is 4.74 Å². The predicted molar refractivity (Wildman–Crippen MR) is 80.9 cm³/mol. The molecule has 1 aromatic heterocycles. The zero-order valence-corrected chi connectivity index (χ0v) is 13.8. The lowest BCUT2D eigenvalue weighted by molar-refractivity contribution is 0.103. The van der Waals surface area contributed by atoms with Crippen LogP contribution in [0.4, 0.5) is 0 Å². The Balaban J connectivity index is 2.43. The average Bonchev–Trinajstić information content (AvgIpc) is 2.68. The molecule has 1 heterocycles. The lowest BCUT2D eigenvalue weighted by Gasteiger charge is -2.06. The van der Waals surface area contributed by atoms with Gasteiger partial charge in [0.1, 0.15) is 5.75 Å². The molecule has 94 valence electrons. The van der Waals surface area contributed by atoms with Crippen LogP contribution in [0.3, 0.4) is 0 Å². The SMILES string of the molecule is COc1cc(C(=O)c2cc(Br)sc2Br)ccc1C. The molecular formula is C13H10Br2O2S. The van der Waals surface area contributed by atoms with E-state index in [9.17, 15) is 4.79 Å². The van der Waals surface area contributed by atoms with Gasteiger partial charge in [0.2, 0.25) is 0 Å². The van der Waals surface area contributed by atoms with Crippen LogP contribution in [0.15, 0.2) is 31.8 Å². The van der Waals surface area contributed by atoms with E-state index in [4.69, 9.17) is 4.74 Å². The predicted octanol–water partition coefficient (Wildman–Crippen LogP) is 4.82. The number of benzene rings is 1. The third kappa shape index (κ3) is 2.68. The fraction of sp³-hybridized carbons (Fsp3) is 0.154. The minimum absolute atomic E-state index is 0.0119. The molecule has 0 aliphatic rings. The minimum atomic E-state index is -0.0119. The Labute approximate surface area is 126 Å². The molecule has 5 heteroatoms. The van der Waals surface area contributed by atoms with Crippen molar-refractivity contribution in [3.05, 3.63) is 48.5 Å². The van der Waals surface area contributed by atoms with E-state index >= 15 is 0 Å². The molecule has 1 aromatic carbocycles. The first-order chi connectivity index (χ1) is 8.52. The van der Waals surface area contributed by atoms with E-state index in [0.29, 0.717) is 11.1 Å². The molecular weight excluding hydrogens is 380 g/mol. The lowest BCUT2D eigenvalue weighted by Crippen LogP contribution is -2.01. The second kappa shape index (κ2) is 5.55. The van der Waals surface area contributed by atoms with Gasteiger partial charge in [0, 0.05) is 11.1 Å². The Morgan fingerprint density at radius 2 is 2.00 bits per heavy atom. The molecule has 2 aromatic rings. The Morgan fingerprint density at radius 3 is 2.56 bits per heavy atom. The average molecular weight is 390 g/mol. The van der Waals surface area contributed by atoms with Gasteiger partial charge in [-0.15, -0.1) is 11.3 Å². The van der Waals surface area contributed by atoms with Gasteiger partial charge in [0.25, 0.3) is 0 Å². The van der Waals surface area contributed by atoms with Gasteiger partial charge in [-0.05, 0) is 56.5 Å². The van der Waals surface area contributed by atoms with Gasteiger partial charge in [0.05, 0.1) is 14.7 Å². The van der Waals surface area contributed by atoms with E-state index in [2.05, 4.69) is 31.9 Å². The van der Waals surface area contributed by atoms with Gasteiger partial charge in [-0.2, -0.15) is 0 Å². The van der Waals surface area contributed by atoms with E-state index in [1.807, 2.05) is 25.1 Å². The topological polar surface area (TPSA) is 26.3 Å². The summed E-state index contributed by atoms with van der Waals surface area (Å²) in [4.78, 5) is 12.4. The van der Waals surface area contributed by atoms with Gasteiger partial charge >= 0.3 is 0 Å². The number of carbonyl (C=O) groups is 1. The molecule has 0 aliphatic heterocycles. The third-order valence-corrected chi connectivity index (χ3v) is 4.91. The van der Waals surface area contributed by atoms with Gasteiger partial charge in [-0.25, -0.2) is 0 Å². The molecule has 0 fully saturated rings. The zero-order chi connectivity index (χ0) is 13.3. The summed E-state index contributed by atoms with van der Waals surface area (Å²) in [5.41, 5.74) is 2.31. The monoisotopic (exact) mass is 388 g/mol. The fourth-order valence-corrected chi connectivity index (χ4v) is 4.41. The maximum absolute atomic E-state index is 12.4. The first kappa shape index (κ1) is 13.8. The van der Waals surface area contributed by atoms with Crippen molar-refractivity contribution in [1.82, 2.24) is 0 Å². The van der Waals surface area contributed by atoms with Crippen molar-refractivity contribution in [2.75, 3.05) is 7.11 Å². The van der Waals surface area contributed by atoms with E-state index in [0.717, 1.165) is 18.9 Å². The number of rotatable bonds is 3. The van der Waals surface area contributed by atoms with E-state index in [1.54, 1.807) is 13.2 Å². The number of ether oxygens (including phenoxy) is 1. The summed E-state index contributed by atoms with van der Waals surface area (Å²) in [5.74, 6) is 0.716. The standard InChI is InChI=1S/C13H10Br2O2S/c1-7-3-4-8(5-10(7)17-2)12(16)9-6-11(14)18-13(9)15/h3-6H,1-2H3. The summed E-state index contributed by atoms with van der Waals surface area (Å²) >= 11 is 8.26. The quantitative estimate of drug-likeness (QED) is 0.703. The molecule has 0 unspecified atom stereocenters. The number of ketones is 1. The van der Waals surface area contributed by atoms with Gasteiger partial charge in [-0.1, -0.05) is 12.1 Å². The highest BCUT2D eigenvalue weighted by atomic mass is 79.9. The summed E-state index contributed by atoms with van der Waals surface area (Å²) in [6.07, 6.45) is 0. The molecule has 2 nitrogen and oxygen atoms in total. The molecule has 0 bridgehead atoms. The molecule has 0 saturated heterocycles. The van der Waals surface area contributed by atoms with Crippen LogP contribution >= 0.6 is 43.2 Å². The highest BCUT2D eigenvalue weighted by Crippen LogP contribution is 2.33. The molecule has 0 radical (unpaired) electrons. The number of hydrogen-bond acceptors (Lipinski definition) is 3. The Hall–Kier alpha value is -0.650. The summed E-state index contributed by atoms with van der Waals surface area (Å²) < 4.78 is 7.00. The number of carbonyl (C=O) groups excluding carboxylic acids is 1. The highest BCUT2D eigenvalue weighted by Gasteiger charge is 2.16. The van der Waals surface area contributed by atoms with Crippen molar-refractivity contribution in [3.8, 4) is 5.75 Å². The van der Waals surface area contributed by atoms with Gasteiger partial charge in [0.15, 0.2) is 5.78 Å². The molecule has 0 amide bonds. The minimum Gasteiger partial charge on any atom is -0.496 e. The van der Waals surface area contributed by atoms with E-state index < -0.39 is 0 Å². The number of aryl methyl sites for hydroxylation is 1. The Bertz CT molecular complexity index is 605. The molecule has 0 spiro atoms. The number of hydrogen-bond donors (Lipinski definition) is 0. The summed E-state index contributed by atoms with van der Waals surface area (Å²) in [6.45, 7) is 1.95. The Kier molecular flexibility index (Phi) is 4.25. The van der Waals surface area contributed by atoms with E-state index in [1.165, 1.54) is 11.3 Å². The molecule has 18 heavy (non-hydrogen) atoms. The van der Waals surface area contributed by atoms with Crippen LogP contribution in [0.2, 0.25) is 0 Å². The number of methoxy groups -OCH3 is 1. The maximum Gasteiger partial charge on any atom is 0.195 e. The van der Waals surface area contributed by atoms with Gasteiger partial charge < -0.3 is 4.74 Å². The normalized spacial score (nSPS) is 10.4. The van der Waals surface area contributed by atoms with Crippen LogP contribution in [0, 0.1) is 6.92 Å². The number of thiophene rings is 1. The van der Waals surface area contributed by atoms with Gasteiger partial charge in [-0.3, -0.25) is 4.79 Å². The molecule has 2 rings (SSSR count). The summed E-state index contributed by atoms with van der Waals surface area (Å²) in [6, 6.07) is 7.30. The summed E-state index contributed by atoms with van der Waals surface area (Å²) in [5, 5.41) is 0. The van der Waals surface area contributed by atoms with Crippen molar-refractivity contribution < 1.29 is 9.53 Å². The third-order valence-electron chi connectivity index (χ3n) is 2.57. The second-order valence-electron chi connectivity index (χ2n) is 3.75. The smallest absolute Gasteiger partial charge is 0.195 e. The van der Waals surface area contributed by atoms with Crippen LogP contribution in [0.1, 0.15) is 21.5 Å². The maximum atomic E-state index is 12.4. The van der Waals surface area contributed by atoms with Crippen LogP contribution in [0.25, 0.3) is 0 Å². The van der Waals surface area contributed by atoms with Crippen molar-refractivity contribution in [1.29, 1.82) is 0 Å². The molecule has 0 atom stereocenters. The van der Waals surface area contributed by atoms with Crippen molar-refractivity contribution >= 4 is 49.0 Å². The second-order valence-corrected chi connectivity index (χ2v) is 7.50. The van der Waals surface area contributed by atoms with Crippen LogP contribution in [-0.2, 0) is 0 Å². The first-order valence-electron chi connectivity index (χ1n) is 5.17. The zero-order valence-electron chi connectivity index (χ0n) is 9.79. The summed E-state index contributed by atoms with van der Waals surface area (Å²) in [7, 11) is 1.60. The lowest BCUT2D eigenvalue weighted by atomic mass is 10.0. The first-order valence-corrected chi connectivity index (χ1v) is 7.57. The van der Waals surface area contributed by atoms with Crippen molar-refractivity contribution in [2.45, 2.75) is 6.92 Å². The van der Waals surface area contributed by atoms with Crippen molar-refractivity contribution in [2.24, 2.45) is 0 Å². The van der Waals surface area contributed by atoms with Crippen molar-refractivity contribution in [3.63, 3.8) is 0 Å². The van der Waals surface area contributed by atoms with E-state index in [-0.39, 0.29) is 5.78 Å². The van der Waals surface area contributed by atoms with Crippen LogP contribution in [0.5, 0.6) is 5.75 Å². The Morgan fingerprint density at radius 1 is 1.28 bits per heavy atom. The van der Waals surface area contributed by atoms with Crippen LogP contribution in [-0.4, -0.2) is 12.9 Å². The number of halogens is 2. The molecule has 0 aliphatic carbocycles.